The van der Waals surface area contributed by atoms with E-state index in [1.165, 1.54) is 0 Å². The van der Waals surface area contributed by atoms with E-state index in [0.717, 1.165) is 42.1 Å². The van der Waals surface area contributed by atoms with Crippen LogP contribution >= 0.6 is 0 Å². The van der Waals surface area contributed by atoms with Crippen molar-refractivity contribution in [3.05, 3.63) is 70.1 Å². The molecule has 2 heterocycles. The van der Waals surface area contributed by atoms with E-state index in [4.69, 9.17) is 9.47 Å². The van der Waals surface area contributed by atoms with Crippen molar-refractivity contribution in [3.63, 3.8) is 0 Å². The summed E-state index contributed by atoms with van der Waals surface area (Å²) in [5, 5.41) is 2.87. The Balaban J connectivity index is 1.55. The molecule has 1 aliphatic rings. The van der Waals surface area contributed by atoms with E-state index in [1.54, 1.807) is 23.6 Å². The molecule has 1 aromatic heterocycles. The normalized spacial score (nSPS) is 16.1. The van der Waals surface area contributed by atoms with Gasteiger partial charge >= 0.3 is 0 Å². The van der Waals surface area contributed by atoms with Crippen LogP contribution in [0.4, 0.5) is 5.69 Å². The van der Waals surface area contributed by atoms with Gasteiger partial charge in [0.05, 0.1) is 32.1 Å². The van der Waals surface area contributed by atoms with Crippen LogP contribution in [-0.2, 0) is 11.8 Å². The standard InChI is InChI=1S/C25H30N4O4/c1-17-24(25(31)29(27(17)2)18-9-6-5-7-10-18)26-23(30)16-28-14-8-11-21(28)20-15-19(32-3)12-13-22(20)33-4/h5-7,9-10,12-13,15,21H,8,11,14,16H2,1-4H3,(H,26,30)/t21-/m1/s1. The molecule has 0 saturated carbocycles. The van der Waals surface area contributed by atoms with Gasteiger partial charge in [-0.2, -0.15) is 0 Å². The molecule has 0 bridgehead atoms. The Hall–Kier alpha value is -3.52. The predicted molar refractivity (Wildman–Crippen MR) is 127 cm³/mol. The number of carbonyl (C=O) groups excluding carboxylic acids is 1. The number of nitrogens with zero attached hydrogens (tertiary/aromatic N) is 3. The Kier molecular flexibility index (Phi) is 6.55. The van der Waals surface area contributed by atoms with Gasteiger partial charge in [-0.3, -0.25) is 19.2 Å². The van der Waals surface area contributed by atoms with Crippen LogP contribution in [-0.4, -0.2) is 47.5 Å². The molecule has 2 aromatic carbocycles. The number of hydrogen-bond acceptors (Lipinski definition) is 5. The molecule has 174 valence electrons. The van der Waals surface area contributed by atoms with Crippen molar-refractivity contribution in [2.24, 2.45) is 7.05 Å². The lowest BCUT2D eigenvalue weighted by Crippen LogP contribution is -2.34. The summed E-state index contributed by atoms with van der Waals surface area (Å²) in [6, 6.07) is 15.2. The summed E-state index contributed by atoms with van der Waals surface area (Å²) in [6.45, 7) is 2.81. The van der Waals surface area contributed by atoms with Gasteiger partial charge in [-0.15, -0.1) is 0 Å². The van der Waals surface area contributed by atoms with Crippen LogP contribution in [0.15, 0.2) is 53.3 Å². The SMILES string of the molecule is COc1ccc(OC)c([C@H]2CCCN2CC(=O)Nc2c(C)n(C)n(-c3ccccc3)c2=O)c1. The molecule has 0 radical (unpaired) electrons. The lowest BCUT2D eigenvalue weighted by molar-refractivity contribution is -0.117. The number of methoxy groups -OCH3 is 2. The van der Waals surface area contributed by atoms with Crippen LogP contribution in [0.3, 0.4) is 0 Å². The predicted octanol–water partition coefficient (Wildman–Crippen LogP) is 3.28. The van der Waals surface area contributed by atoms with Crippen molar-refractivity contribution < 1.29 is 14.3 Å². The number of anilines is 1. The van der Waals surface area contributed by atoms with E-state index >= 15 is 0 Å². The van der Waals surface area contributed by atoms with E-state index in [-0.39, 0.29) is 24.1 Å². The van der Waals surface area contributed by atoms with Crippen LogP contribution in [0.25, 0.3) is 5.69 Å². The van der Waals surface area contributed by atoms with Gasteiger partial charge in [0.25, 0.3) is 5.56 Å². The number of para-hydroxylation sites is 1. The highest BCUT2D eigenvalue weighted by molar-refractivity contribution is 5.92. The first-order valence-corrected chi connectivity index (χ1v) is 11.0. The number of ether oxygens (including phenoxy) is 2. The lowest BCUT2D eigenvalue weighted by atomic mass is 10.0. The van der Waals surface area contributed by atoms with E-state index in [2.05, 4.69) is 10.2 Å². The van der Waals surface area contributed by atoms with Gasteiger partial charge in [-0.1, -0.05) is 18.2 Å². The van der Waals surface area contributed by atoms with Gasteiger partial charge < -0.3 is 14.8 Å². The summed E-state index contributed by atoms with van der Waals surface area (Å²) < 4.78 is 14.3. The lowest BCUT2D eigenvalue weighted by Gasteiger charge is -2.26. The molecule has 8 heteroatoms. The van der Waals surface area contributed by atoms with E-state index in [1.807, 2.05) is 62.5 Å². The highest BCUT2D eigenvalue weighted by Gasteiger charge is 2.30. The average Bonchev–Trinajstić information content (AvgIpc) is 3.37. The summed E-state index contributed by atoms with van der Waals surface area (Å²) in [7, 11) is 5.09. The van der Waals surface area contributed by atoms with Crippen molar-refractivity contribution in [1.29, 1.82) is 0 Å². The molecule has 1 saturated heterocycles. The van der Waals surface area contributed by atoms with Crippen LogP contribution in [0.5, 0.6) is 11.5 Å². The molecule has 1 aliphatic heterocycles. The second-order valence-corrected chi connectivity index (χ2v) is 8.22. The van der Waals surface area contributed by atoms with Crippen LogP contribution in [0.1, 0.15) is 30.1 Å². The first-order chi connectivity index (χ1) is 15.9. The number of likely N-dealkylation sites (tertiary alicyclic amines) is 1. The van der Waals surface area contributed by atoms with Crippen LogP contribution < -0.4 is 20.3 Å². The fourth-order valence-corrected chi connectivity index (χ4v) is 4.54. The largest absolute Gasteiger partial charge is 0.497 e. The minimum Gasteiger partial charge on any atom is -0.497 e. The molecule has 0 unspecified atom stereocenters. The molecular formula is C25H30N4O4. The number of hydrogen-bond donors (Lipinski definition) is 1. The highest BCUT2D eigenvalue weighted by Crippen LogP contribution is 2.38. The number of amides is 1. The quantitative estimate of drug-likeness (QED) is 0.598. The summed E-state index contributed by atoms with van der Waals surface area (Å²) in [5.41, 5.74) is 2.51. The first-order valence-electron chi connectivity index (χ1n) is 11.0. The number of nitrogens with one attached hydrogen (secondary N) is 1. The Bertz CT molecular complexity index is 1200. The van der Waals surface area contributed by atoms with Crippen molar-refractivity contribution in [2.75, 3.05) is 32.6 Å². The minimum atomic E-state index is -0.248. The van der Waals surface area contributed by atoms with E-state index in [0.29, 0.717) is 11.4 Å². The fourth-order valence-electron chi connectivity index (χ4n) is 4.54. The maximum Gasteiger partial charge on any atom is 0.295 e. The molecule has 1 amide bonds. The summed E-state index contributed by atoms with van der Waals surface area (Å²) in [6.07, 6.45) is 1.89. The molecule has 8 nitrogen and oxygen atoms in total. The third kappa shape index (κ3) is 4.39. The summed E-state index contributed by atoms with van der Waals surface area (Å²) >= 11 is 0. The van der Waals surface area contributed by atoms with Gasteiger partial charge in [0.15, 0.2) is 0 Å². The molecule has 0 aliphatic carbocycles. The Morgan fingerprint density at radius 1 is 1.12 bits per heavy atom. The third-order valence-electron chi connectivity index (χ3n) is 6.32. The first kappa shape index (κ1) is 22.7. The second kappa shape index (κ2) is 9.54. The van der Waals surface area contributed by atoms with Crippen LogP contribution in [0.2, 0.25) is 0 Å². The topological polar surface area (TPSA) is 77.7 Å². The molecule has 1 N–H and O–H groups in total. The summed E-state index contributed by atoms with van der Waals surface area (Å²) in [5.74, 6) is 1.32. The molecule has 1 atom stereocenters. The van der Waals surface area contributed by atoms with Crippen molar-refractivity contribution in [1.82, 2.24) is 14.3 Å². The minimum absolute atomic E-state index is 0.0404. The van der Waals surface area contributed by atoms with Crippen LogP contribution in [0, 0.1) is 6.92 Å². The zero-order chi connectivity index (χ0) is 23.5. The van der Waals surface area contributed by atoms with E-state index < -0.39 is 0 Å². The Morgan fingerprint density at radius 2 is 1.88 bits per heavy atom. The Labute approximate surface area is 193 Å². The monoisotopic (exact) mass is 450 g/mol. The van der Waals surface area contributed by atoms with Crippen molar-refractivity contribution in [2.45, 2.75) is 25.8 Å². The second-order valence-electron chi connectivity index (χ2n) is 8.22. The number of carbonyl (C=O) groups is 1. The van der Waals surface area contributed by atoms with Crippen molar-refractivity contribution >= 4 is 11.6 Å². The van der Waals surface area contributed by atoms with Gasteiger partial charge in [0.2, 0.25) is 5.91 Å². The van der Waals surface area contributed by atoms with Crippen molar-refractivity contribution in [3.8, 4) is 17.2 Å². The molecule has 4 rings (SSSR count). The fraction of sp³-hybridized carbons (Fsp3) is 0.360. The summed E-state index contributed by atoms with van der Waals surface area (Å²) in [4.78, 5) is 28.3. The van der Waals surface area contributed by atoms with Gasteiger partial charge in [-0.05, 0) is 56.6 Å². The van der Waals surface area contributed by atoms with Gasteiger partial charge in [-0.25, -0.2) is 4.68 Å². The smallest absolute Gasteiger partial charge is 0.295 e. The zero-order valence-electron chi connectivity index (χ0n) is 19.5. The molecule has 1 fully saturated rings. The third-order valence-corrected chi connectivity index (χ3v) is 6.32. The molecule has 0 spiro atoms. The zero-order valence-corrected chi connectivity index (χ0v) is 19.5. The Morgan fingerprint density at radius 3 is 2.58 bits per heavy atom. The maximum atomic E-state index is 13.1. The number of rotatable bonds is 7. The number of aromatic nitrogens is 2. The van der Waals surface area contributed by atoms with E-state index in [9.17, 15) is 9.59 Å². The maximum absolute atomic E-state index is 13.1. The van der Waals surface area contributed by atoms with Gasteiger partial charge in [0, 0.05) is 18.7 Å². The molecule has 3 aromatic rings. The molecular weight excluding hydrogens is 420 g/mol. The average molecular weight is 451 g/mol. The highest BCUT2D eigenvalue weighted by atomic mass is 16.5. The number of benzene rings is 2. The molecule has 33 heavy (non-hydrogen) atoms. The van der Waals surface area contributed by atoms with Gasteiger partial charge in [0.1, 0.15) is 17.2 Å².